The van der Waals surface area contributed by atoms with Crippen molar-refractivity contribution in [1.82, 2.24) is 0 Å². The number of nitrogens with one attached hydrogen (secondary N) is 1. The van der Waals surface area contributed by atoms with Gasteiger partial charge in [-0.05, 0) is 31.4 Å². The van der Waals surface area contributed by atoms with Gasteiger partial charge < -0.3 is 5.41 Å². The maximum Gasteiger partial charge on any atom is 0.00348 e. The Morgan fingerprint density at radius 3 is 2.70 bits per heavy atom. The van der Waals surface area contributed by atoms with Crippen LogP contribution >= 0.6 is 0 Å². The molecule has 0 heterocycles. The van der Waals surface area contributed by atoms with Crippen molar-refractivity contribution in [2.24, 2.45) is 11.3 Å². The molecule has 0 aromatic rings. The van der Waals surface area contributed by atoms with Gasteiger partial charge in [0.25, 0.3) is 0 Å². The maximum absolute atomic E-state index is 7.10. The zero-order valence-corrected chi connectivity index (χ0v) is 6.72. The minimum atomic E-state index is 0.385. The molecule has 0 aromatic heterocycles. The molecule has 1 aliphatic rings. The van der Waals surface area contributed by atoms with Crippen molar-refractivity contribution in [2.75, 3.05) is 0 Å². The smallest absolute Gasteiger partial charge is 0.00348 e. The van der Waals surface area contributed by atoms with E-state index < -0.39 is 0 Å². The van der Waals surface area contributed by atoms with Gasteiger partial charge in [-0.1, -0.05) is 19.1 Å². The number of hydrogen-bond donors (Lipinski definition) is 1. The van der Waals surface area contributed by atoms with Gasteiger partial charge in [0.2, 0.25) is 0 Å². The van der Waals surface area contributed by atoms with E-state index >= 15 is 0 Å². The van der Waals surface area contributed by atoms with Crippen molar-refractivity contribution in [3.8, 4) is 0 Å². The van der Waals surface area contributed by atoms with Crippen LogP contribution in [0.2, 0.25) is 0 Å². The van der Waals surface area contributed by atoms with Gasteiger partial charge in [0.1, 0.15) is 0 Å². The van der Waals surface area contributed by atoms with Crippen LogP contribution in [-0.2, 0) is 0 Å². The van der Waals surface area contributed by atoms with E-state index in [1.165, 1.54) is 12.8 Å². The summed E-state index contributed by atoms with van der Waals surface area (Å²) in [5, 5.41) is 7.10. The van der Waals surface area contributed by atoms with Gasteiger partial charge in [-0.25, -0.2) is 0 Å². The molecule has 2 atom stereocenters. The molecule has 1 heteroatoms. The zero-order chi connectivity index (χ0) is 7.61. The molecule has 0 aliphatic heterocycles. The normalized spacial score (nSPS) is 38.4. The Kier molecular flexibility index (Phi) is 1.93. The topological polar surface area (TPSA) is 23.9 Å². The van der Waals surface area contributed by atoms with E-state index in [0.29, 0.717) is 11.3 Å². The second-order valence-electron chi connectivity index (χ2n) is 3.06. The first-order chi connectivity index (χ1) is 4.79. The van der Waals surface area contributed by atoms with Crippen LogP contribution in [0.1, 0.15) is 26.7 Å². The van der Waals surface area contributed by atoms with Crippen LogP contribution in [0.3, 0.4) is 0 Å². The zero-order valence-electron chi connectivity index (χ0n) is 6.72. The molecule has 1 N–H and O–H groups in total. The lowest BCUT2D eigenvalue weighted by Gasteiger charge is -2.04. The highest BCUT2D eigenvalue weighted by Crippen LogP contribution is 2.55. The average Bonchev–Trinajstić information content (AvgIpc) is 2.65. The second-order valence-corrected chi connectivity index (χ2v) is 3.06. The highest BCUT2D eigenvalue weighted by molar-refractivity contribution is 5.64. The molecule has 0 spiro atoms. The van der Waals surface area contributed by atoms with Crippen LogP contribution in [0.5, 0.6) is 0 Å². The SMILES string of the molecule is C/C=C\C1(CC)CC1C=N. The number of allylic oxidation sites excluding steroid dienone is 2. The van der Waals surface area contributed by atoms with Crippen molar-refractivity contribution in [3.63, 3.8) is 0 Å². The summed E-state index contributed by atoms with van der Waals surface area (Å²) in [4.78, 5) is 0. The van der Waals surface area contributed by atoms with Gasteiger partial charge in [0, 0.05) is 5.92 Å². The van der Waals surface area contributed by atoms with Crippen molar-refractivity contribution in [3.05, 3.63) is 12.2 Å². The molecule has 1 rings (SSSR count). The van der Waals surface area contributed by atoms with Crippen molar-refractivity contribution >= 4 is 6.21 Å². The van der Waals surface area contributed by atoms with E-state index in [0.717, 1.165) is 0 Å². The Balaban J connectivity index is 2.58. The number of rotatable bonds is 3. The van der Waals surface area contributed by atoms with Crippen LogP contribution < -0.4 is 0 Å². The third-order valence-corrected chi connectivity index (χ3v) is 2.54. The van der Waals surface area contributed by atoms with Crippen LogP contribution in [0.25, 0.3) is 0 Å². The van der Waals surface area contributed by atoms with Gasteiger partial charge in [-0.2, -0.15) is 0 Å². The Morgan fingerprint density at radius 1 is 1.70 bits per heavy atom. The fourth-order valence-corrected chi connectivity index (χ4v) is 1.62. The summed E-state index contributed by atoms with van der Waals surface area (Å²) in [5.74, 6) is 0.536. The first-order valence-electron chi connectivity index (χ1n) is 3.93. The van der Waals surface area contributed by atoms with Crippen LogP contribution in [-0.4, -0.2) is 6.21 Å². The Morgan fingerprint density at radius 2 is 2.40 bits per heavy atom. The maximum atomic E-state index is 7.10. The Hall–Kier alpha value is -0.590. The monoisotopic (exact) mass is 137 g/mol. The van der Waals surface area contributed by atoms with E-state index in [-0.39, 0.29) is 0 Å². The van der Waals surface area contributed by atoms with E-state index in [2.05, 4.69) is 26.0 Å². The molecule has 0 bridgehead atoms. The van der Waals surface area contributed by atoms with Crippen LogP contribution in [0.4, 0.5) is 0 Å². The molecule has 10 heavy (non-hydrogen) atoms. The summed E-state index contributed by atoms with van der Waals surface area (Å²) in [7, 11) is 0. The molecule has 1 fully saturated rings. The molecule has 2 unspecified atom stereocenters. The van der Waals surface area contributed by atoms with E-state index in [1.54, 1.807) is 6.21 Å². The highest BCUT2D eigenvalue weighted by atomic mass is 14.6. The van der Waals surface area contributed by atoms with E-state index in [1.807, 2.05) is 0 Å². The van der Waals surface area contributed by atoms with Crippen molar-refractivity contribution in [1.29, 1.82) is 5.41 Å². The Bertz CT molecular complexity index is 160. The third kappa shape index (κ3) is 1.00. The molecule has 1 nitrogen and oxygen atoms in total. The minimum absolute atomic E-state index is 0.385. The standard InChI is InChI=1S/C9H15N/c1-3-5-9(4-2)6-8(9)7-10/h3,5,7-8,10H,4,6H2,1-2H3/b5-3-,10-7?. The minimum Gasteiger partial charge on any atom is -0.313 e. The summed E-state index contributed by atoms with van der Waals surface area (Å²) in [6.45, 7) is 4.25. The molecule has 0 amide bonds. The van der Waals surface area contributed by atoms with Gasteiger partial charge in [0.15, 0.2) is 0 Å². The largest absolute Gasteiger partial charge is 0.313 e. The highest BCUT2D eigenvalue weighted by Gasteiger charge is 2.48. The summed E-state index contributed by atoms with van der Waals surface area (Å²) in [6.07, 6.45) is 8.31. The molecule has 56 valence electrons. The lowest BCUT2D eigenvalue weighted by molar-refractivity contribution is 0.600. The summed E-state index contributed by atoms with van der Waals surface area (Å²) in [6, 6.07) is 0. The average molecular weight is 137 g/mol. The summed E-state index contributed by atoms with van der Waals surface area (Å²) < 4.78 is 0. The second kappa shape index (κ2) is 2.57. The number of hydrogen-bond acceptors (Lipinski definition) is 1. The van der Waals surface area contributed by atoms with Gasteiger partial charge in [-0.3, -0.25) is 0 Å². The Labute approximate surface area is 62.6 Å². The first-order valence-corrected chi connectivity index (χ1v) is 3.93. The van der Waals surface area contributed by atoms with Gasteiger partial charge in [-0.15, -0.1) is 0 Å². The third-order valence-electron chi connectivity index (χ3n) is 2.54. The van der Waals surface area contributed by atoms with Crippen LogP contribution in [0, 0.1) is 16.7 Å². The quantitative estimate of drug-likeness (QED) is 0.456. The van der Waals surface area contributed by atoms with Gasteiger partial charge in [0.05, 0.1) is 0 Å². The first kappa shape index (κ1) is 7.52. The predicted octanol–water partition coefficient (Wildman–Crippen LogP) is 2.63. The molecule has 1 aliphatic carbocycles. The lowest BCUT2D eigenvalue weighted by Crippen LogP contribution is -1.97. The molecule has 0 aromatic carbocycles. The summed E-state index contributed by atoms with van der Waals surface area (Å²) >= 11 is 0. The molecule has 0 radical (unpaired) electrons. The fraction of sp³-hybridized carbons (Fsp3) is 0.667. The predicted molar refractivity (Wildman–Crippen MR) is 44.4 cm³/mol. The van der Waals surface area contributed by atoms with Crippen LogP contribution in [0.15, 0.2) is 12.2 Å². The van der Waals surface area contributed by atoms with Crippen molar-refractivity contribution in [2.45, 2.75) is 26.7 Å². The molecule has 1 saturated carbocycles. The summed E-state index contributed by atoms with van der Waals surface area (Å²) in [5.41, 5.74) is 0.385. The lowest BCUT2D eigenvalue weighted by atomic mass is 10.0. The molecular weight excluding hydrogens is 122 g/mol. The molecular formula is C9H15N. The molecule has 0 saturated heterocycles. The fourth-order valence-electron chi connectivity index (χ4n) is 1.62. The van der Waals surface area contributed by atoms with E-state index in [4.69, 9.17) is 5.41 Å². The van der Waals surface area contributed by atoms with Gasteiger partial charge >= 0.3 is 0 Å². The van der Waals surface area contributed by atoms with E-state index in [9.17, 15) is 0 Å². The van der Waals surface area contributed by atoms with Crippen molar-refractivity contribution < 1.29 is 0 Å².